The molecule has 1 amide bonds. The third-order valence-corrected chi connectivity index (χ3v) is 6.29. The van der Waals surface area contributed by atoms with Crippen LogP contribution in [-0.4, -0.2) is 58.3 Å². The van der Waals surface area contributed by atoms with Crippen molar-refractivity contribution >= 4 is 5.91 Å². The van der Waals surface area contributed by atoms with Gasteiger partial charge in [-0.2, -0.15) is 0 Å². The molecule has 2 rings (SSSR count). The topological polar surface area (TPSA) is 105 Å². The number of ether oxygens (including phenoxy) is 2. The van der Waals surface area contributed by atoms with Crippen molar-refractivity contribution in [2.75, 3.05) is 6.61 Å². The summed E-state index contributed by atoms with van der Waals surface area (Å²) in [4.78, 5) is 13.0. The van der Waals surface area contributed by atoms with Crippen LogP contribution >= 0.6 is 0 Å². The average Bonchev–Trinajstić information content (AvgIpc) is 3.10. The van der Waals surface area contributed by atoms with E-state index in [2.05, 4.69) is 19.1 Å². The molecule has 188 valence electrons. The summed E-state index contributed by atoms with van der Waals surface area (Å²) >= 11 is 0. The zero-order valence-electron chi connectivity index (χ0n) is 20.4. The van der Waals surface area contributed by atoms with Gasteiger partial charge >= 0.3 is 0 Å². The number of carbonyl (C=O) groups excluding carboxylic acids is 1. The molecular formula is C26H44N2O5. The lowest BCUT2D eigenvalue weighted by Gasteiger charge is -2.28. The zero-order valence-corrected chi connectivity index (χ0v) is 20.4. The van der Waals surface area contributed by atoms with Crippen LogP contribution in [0, 0.1) is 0 Å². The van der Waals surface area contributed by atoms with E-state index in [9.17, 15) is 15.0 Å². The van der Waals surface area contributed by atoms with Gasteiger partial charge in [-0.25, -0.2) is 0 Å². The van der Waals surface area contributed by atoms with Crippen LogP contribution in [-0.2, 0) is 14.3 Å². The van der Waals surface area contributed by atoms with E-state index in [1.807, 2.05) is 6.92 Å². The Hall–Kier alpha value is -1.67. The first-order valence-electron chi connectivity index (χ1n) is 12.7. The summed E-state index contributed by atoms with van der Waals surface area (Å²) in [6.07, 6.45) is 18.7. The van der Waals surface area contributed by atoms with Crippen molar-refractivity contribution in [3.63, 3.8) is 0 Å². The average molecular weight is 465 g/mol. The smallest absolute Gasteiger partial charge is 0.246 e. The van der Waals surface area contributed by atoms with Crippen LogP contribution in [0.4, 0.5) is 0 Å². The van der Waals surface area contributed by atoms with E-state index in [0.717, 1.165) is 25.7 Å². The number of hydrogen-bond donors (Lipinski definition) is 3. The van der Waals surface area contributed by atoms with Crippen LogP contribution in [0.3, 0.4) is 0 Å². The quantitative estimate of drug-likeness (QED) is 0.236. The van der Waals surface area contributed by atoms with E-state index in [-0.39, 0.29) is 12.7 Å². The molecule has 4 N–H and O–H groups in total. The fourth-order valence-electron chi connectivity index (χ4n) is 4.15. The number of unbranched alkanes of at least 4 members (excludes halogenated alkanes) is 7. The Labute approximate surface area is 199 Å². The van der Waals surface area contributed by atoms with Crippen molar-refractivity contribution in [1.29, 1.82) is 0 Å². The van der Waals surface area contributed by atoms with Crippen molar-refractivity contribution in [2.24, 2.45) is 5.73 Å². The molecule has 2 aliphatic heterocycles. The number of amides is 1. The van der Waals surface area contributed by atoms with Crippen molar-refractivity contribution < 1.29 is 24.5 Å². The van der Waals surface area contributed by atoms with Gasteiger partial charge in [-0.15, -0.1) is 0 Å². The summed E-state index contributed by atoms with van der Waals surface area (Å²) in [7, 11) is 0. The fourth-order valence-corrected chi connectivity index (χ4v) is 4.15. The fraction of sp³-hybridized carbons (Fsp3) is 0.731. The van der Waals surface area contributed by atoms with E-state index in [4.69, 9.17) is 15.2 Å². The first-order chi connectivity index (χ1) is 15.9. The predicted molar refractivity (Wildman–Crippen MR) is 130 cm³/mol. The molecule has 0 aromatic rings. The van der Waals surface area contributed by atoms with Gasteiger partial charge in [0.05, 0.1) is 12.7 Å². The molecule has 1 fully saturated rings. The molecule has 5 atom stereocenters. The summed E-state index contributed by atoms with van der Waals surface area (Å²) in [5.74, 6) is -0.510. The monoisotopic (exact) mass is 464 g/mol. The molecule has 0 saturated carbocycles. The second kappa shape index (κ2) is 15.3. The van der Waals surface area contributed by atoms with Crippen LogP contribution < -0.4 is 5.73 Å². The molecule has 0 aliphatic carbocycles. The molecule has 0 aromatic heterocycles. The maximum atomic E-state index is 11.4. The number of nitrogens with zero attached hydrogens (tertiary/aromatic N) is 1. The Balaban J connectivity index is 1.61. The highest BCUT2D eigenvalue weighted by atomic mass is 16.6. The summed E-state index contributed by atoms with van der Waals surface area (Å²) in [6.45, 7) is 4.47. The lowest BCUT2D eigenvalue weighted by molar-refractivity contribution is -0.115. The molecule has 7 nitrogen and oxygen atoms in total. The molecule has 7 heteroatoms. The van der Waals surface area contributed by atoms with E-state index in [1.54, 1.807) is 23.4 Å². The van der Waals surface area contributed by atoms with Gasteiger partial charge in [0.1, 0.15) is 18.3 Å². The Morgan fingerprint density at radius 3 is 2.58 bits per heavy atom. The van der Waals surface area contributed by atoms with Crippen molar-refractivity contribution in [2.45, 2.75) is 115 Å². The number of aliphatic hydroxyl groups excluding tert-OH is 2. The molecule has 0 spiro atoms. The number of carbonyl (C=O) groups is 1. The van der Waals surface area contributed by atoms with Gasteiger partial charge in [-0.05, 0) is 45.4 Å². The molecule has 2 heterocycles. The van der Waals surface area contributed by atoms with Gasteiger partial charge in [-0.3, -0.25) is 4.79 Å². The molecule has 0 bridgehead atoms. The molecular weight excluding hydrogens is 420 g/mol. The highest BCUT2D eigenvalue weighted by Gasteiger charge is 2.45. The highest BCUT2D eigenvalue weighted by Crippen LogP contribution is 2.27. The summed E-state index contributed by atoms with van der Waals surface area (Å²) < 4.78 is 11.8. The van der Waals surface area contributed by atoms with E-state index in [0.29, 0.717) is 12.0 Å². The Bertz CT molecular complexity index is 663. The molecule has 1 unspecified atom stereocenters. The molecule has 2 aliphatic rings. The molecule has 1 saturated heterocycles. The first-order valence-corrected chi connectivity index (χ1v) is 12.7. The normalized spacial score (nSPS) is 26.2. The Kier molecular flexibility index (Phi) is 12.8. The van der Waals surface area contributed by atoms with Crippen LogP contribution in [0.2, 0.25) is 0 Å². The third-order valence-electron chi connectivity index (χ3n) is 6.29. The Morgan fingerprint density at radius 1 is 1.18 bits per heavy atom. The molecule has 0 radical (unpaired) electrons. The molecule has 0 aromatic carbocycles. The number of allylic oxidation sites excluding steroid dienone is 3. The van der Waals surface area contributed by atoms with E-state index < -0.39 is 30.4 Å². The largest absolute Gasteiger partial charge is 0.387 e. The van der Waals surface area contributed by atoms with Crippen LogP contribution in [0.15, 0.2) is 36.2 Å². The first kappa shape index (κ1) is 27.6. The van der Waals surface area contributed by atoms with Crippen molar-refractivity contribution in [3.05, 3.63) is 36.2 Å². The minimum atomic E-state index is -1.11. The maximum Gasteiger partial charge on any atom is 0.246 e. The number of primary amides is 1. The maximum absolute atomic E-state index is 11.4. The van der Waals surface area contributed by atoms with Gasteiger partial charge in [0.2, 0.25) is 5.91 Å². The zero-order chi connectivity index (χ0) is 24.1. The lowest BCUT2D eigenvalue weighted by atomic mass is 10.1. The standard InChI is InChI=1S/C26H44N2O5/c1-3-4-5-6-7-8-9-10-11-12-13-15-20(2)32-19-22-23(29)24(30)26(33-22)28-17-14-16-21(18-28)25(27)31/h9-10,14,17-18,20,22-24,26,29-30H,3-8,11-13,15-16,19H2,1-2H3,(H2,27,31)/b10-9+/t20?,22-,23-,24-,26-/m1/s1. The van der Waals surface area contributed by atoms with Crippen LogP contribution in [0.5, 0.6) is 0 Å². The highest BCUT2D eigenvalue weighted by molar-refractivity contribution is 5.92. The lowest BCUT2D eigenvalue weighted by Crippen LogP contribution is -2.40. The van der Waals surface area contributed by atoms with Crippen LogP contribution in [0.25, 0.3) is 0 Å². The minimum absolute atomic E-state index is 0.0516. The number of nitrogens with two attached hydrogens (primary N) is 1. The predicted octanol–water partition coefficient (Wildman–Crippen LogP) is 3.90. The van der Waals surface area contributed by atoms with Gasteiger partial charge in [0.25, 0.3) is 0 Å². The van der Waals surface area contributed by atoms with Gasteiger partial charge in [-0.1, -0.05) is 57.3 Å². The van der Waals surface area contributed by atoms with Gasteiger partial charge in [0, 0.05) is 18.0 Å². The SMILES string of the molecule is CCCCCCC/C=C/CCCCC(C)OC[C@H]1O[C@@H](N2C=CCC(C(N)=O)=C2)[C@H](O)[C@@H]1O. The second-order valence-electron chi connectivity index (χ2n) is 9.20. The molecule has 33 heavy (non-hydrogen) atoms. The van der Waals surface area contributed by atoms with E-state index in [1.165, 1.54) is 38.5 Å². The number of aliphatic hydroxyl groups is 2. The second-order valence-corrected chi connectivity index (χ2v) is 9.20. The summed E-state index contributed by atoms with van der Waals surface area (Å²) in [5, 5.41) is 20.8. The summed E-state index contributed by atoms with van der Waals surface area (Å²) in [6, 6.07) is 0. The van der Waals surface area contributed by atoms with Crippen molar-refractivity contribution in [3.8, 4) is 0 Å². The van der Waals surface area contributed by atoms with Gasteiger partial charge in [0.15, 0.2) is 6.23 Å². The van der Waals surface area contributed by atoms with Crippen LogP contribution in [0.1, 0.15) is 84.5 Å². The summed E-state index contributed by atoms with van der Waals surface area (Å²) in [5.41, 5.74) is 5.78. The van der Waals surface area contributed by atoms with E-state index >= 15 is 0 Å². The number of hydrogen-bond acceptors (Lipinski definition) is 6. The third kappa shape index (κ3) is 9.61. The van der Waals surface area contributed by atoms with Gasteiger partial charge < -0.3 is 30.3 Å². The number of rotatable bonds is 16. The minimum Gasteiger partial charge on any atom is -0.387 e. The Morgan fingerprint density at radius 2 is 1.88 bits per heavy atom. The van der Waals surface area contributed by atoms with Crippen molar-refractivity contribution in [1.82, 2.24) is 4.90 Å².